The van der Waals surface area contributed by atoms with Gasteiger partial charge in [0, 0.05) is 0 Å². The van der Waals surface area contributed by atoms with Gasteiger partial charge in [0.25, 0.3) is 0 Å². The van der Waals surface area contributed by atoms with Gasteiger partial charge in [0.1, 0.15) is 0 Å². The van der Waals surface area contributed by atoms with E-state index in [0.29, 0.717) is 23.0 Å². The van der Waals surface area contributed by atoms with Crippen LogP contribution in [-0.4, -0.2) is 28.4 Å². The third-order valence-electron chi connectivity index (χ3n) is 1.94. The molecule has 0 spiro atoms. The van der Waals surface area contributed by atoms with E-state index in [4.69, 9.17) is 18.9 Å². The third kappa shape index (κ3) is 2.13. The second-order valence-corrected chi connectivity index (χ2v) is 3.30. The van der Waals surface area contributed by atoms with E-state index in [1.165, 1.54) is 0 Å². The Hall–Kier alpha value is -1.06. The van der Waals surface area contributed by atoms with E-state index in [0.717, 1.165) is 4.46 Å². The molecule has 0 radical (unpaired) electrons. The van der Waals surface area contributed by atoms with Crippen molar-refractivity contribution in [2.45, 2.75) is 0 Å². The van der Waals surface area contributed by atoms with Crippen molar-refractivity contribution in [3.63, 3.8) is 0 Å². The SMILES string of the molecule is COc1c[c]([Mn])c(OC)c(OC)c1OC. The maximum absolute atomic E-state index is 5.22. The zero-order chi connectivity index (χ0) is 11.4. The fourth-order valence-corrected chi connectivity index (χ4v) is 1.70. The maximum atomic E-state index is 5.22. The summed E-state index contributed by atoms with van der Waals surface area (Å²) in [5, 5.41) is 0. The average molecular weight is 252 g/mol. The van der Waals surface area contributed by atoms with Crippen molar-refractivity contribution in [1.82, 2.24) is 0 Å². The zero-order valence-electron chi connectivity index (χ0n) is 9.09. The molecule has 0 aliphatic carbocycles. The van der Waals surface area contributed by atoms with Crippen LogP contribution in [0.4, 0.5) is 0 Å². The molecule has 0 aliphatic heterocycles. The van der Waals surface area contributed by atoms with Gasteiger partial charge in [-0.05, 0) is 0 Å². The van der Waals surface area contributed by atoms with Crippen LogP contribution in [0.2, 0.25) is 0 Å². The minimum atomic E-state index is 0.506. The Labute approximate surface area is 97.3 Å². The van der Waals surface area contributed by atoms with Crippen molar-refractivity contribution in [1.29, 1.82) is 0 Å². The number of hydrogen-bond acceptors (Lipinski definition) is 4. The third-order valence-corrected chi connectivity index (χ3v) is 2.38. The topological polar surface area (TPSA) is 36.9 Å². The van der Waals surface area contributed by atoms with Gasteiger partial charge in [-0.3, -0.25) is 0 Å². The number of methoxy groups -OCH3 is 4. The first-order chi connectivity index (χ1) is 7.19. The fourth-order valence-electron chi connectivity index (χ4n) is 1.29. The van der Waals surface area contributed by atoms with E-state index in [-0.39, 0.29) is 0 Å². The van der Waals surface area contributed by atoms with Crippen LogP contribution in [-0.2, 0) is 16.0 Å². The van der Waals surface area contributed by atoms with Crippen LogP contribution in [0.15, 0.2) is 6.07 Å². The molecule has 0 unspecified atom stereocenters. The summed E-state index contributed by atoms with van der Waals surface area (Å²) in [7, 11) is 6.23. The van der Waals surface area contributed by atoms with Crippen LogP contribution < -0.4 is 23.4 Å². The Balaban J connectivity index is 3.44. The monoisotopic (exact) mass is 252 g/mol. The van der Waals surface area contributed by atoms with Gasteiger partial charge in [0.15, 0.2) is 0 Å². The Bertz CT molecular complexity index is 352. The van der Waals surface area contributed by atoms with E-state index < -0.39 is 0 Å². The number of hydrogen-bond donors (Lipinski definition) is 0. The molecule has 0 saturated heterocycles. The molecule has 0 atom stereocenters. The van der Waals surface area contributed by atoms with Crippen LogP contribution in [0.25, 0.3) is 0 Å². The van der Waals surface area contributed by atoms with Crippen LogP contribution in [0, 0.1) is 0 Å². The second kappa shape index (κ2) is 5.14. The molecular weight excluding hydrogens is 239 g/mol. The quantitative estimate of drug-likeness (QED) is 0.746. The van der Waals surface area contributed by atoms with Gasteiger partial charge >= 0.3 is 96.9 Å². The van der Waals surface area contributed by atoms with Gasteiger partial charge < -0.3 is 0 Å². The summed E-state index contributed by atoms with van der Waals surface area (Å²) in [6.07, 6.45) is 0. The molecule has 5 heteroatoms. The molecule has 1 aromatic carbocycles. The Morgan fingerprint density at radius 1 is 0.800 bits per heavy atom. The normalized spacial score (nSPS) is 9.67. The second-order valence-electron chi connectivity index (χ2n) is 2.66. The molecule has 0 heterocycles. The van der Waals surface area contributed by atoms with Crippen molar-refractivity contribution in [3.05, 3.63) is 6.07 Å². The molecule has 1 aromatic rings. The first-order valence-corrected chi connectivity index (χ1v) is 4.81. The summed E-state index contributed by atoms with van der Waals surface area (Å²) in [6.45, 7) is 0. The first kappa shape index (κ1) is 12.0. The van der Waals surface area contributed by atoms with Gasteiger partial charge in [0.2, 0.25) is 0 Å². The summed E-state index contributed by atoms with van der Waals surface area (Å²) < 4.78 is 21.5. The van der Waals surface area contributed by atoms with Crippen molar-refractivity contribution in [2.75, 3.05) is 28.4 Å². The molecule has 4 nitrogen and oxygen atoms in total. The summed E-state index contributed by atoms with van der Waals surface area (Å²) in [5.74, 6) is 2.18. The number of benzene rings is 1. The average Bonchev–Trinajstić information content (AvgIpc) is 2.27. The molecule has 0 N–H and O–H groups in total. The molecule has 0 amide bonds. The van der Waals surface area contributed by atoms with Crippen LogP contribution in [0.3, 0.4) is 0 Å². The number of rotatable bonds is 4. The Morgan fingerprint density at radius 2 is 1.33 bits per heavy atom. The van der Waals surface area contributed by atoms with E-state index in [9.17, 15) is 0 Å². The predicted molar refractivity (Wildman–Crippen MR) is 52.3 cm³/mol. The minimum absolute atomic E-state index is 0.506. The molecular formula is C10H13MnO4. The number of ether oxygens (including phenoxy) is 4. The standard InChI is InChI=1S/C10H13O4.Mn/c1-11-7-5-6-8(12-2)10(14-4)9(7)13-3;/h5H,1-4H3;. The zero-order valence-corrected chi connectivity index (χ0v) is 10.3. The first-order valence-electron chi connectivity index (χ1n) is 4.22. The van der Waals surface area contributed by atoms with E-state index >= 15 is 0 Å². The Morgan fingerprint density at radius 3 is 1.73 bits per heavy atom. The predicted octanol–water partition coefficient (Wildman–Crippen LogP) is 0.893. The summed E-state index contributed by atoms with van der Waals surface area (Å²) in [4.78, 5) is 0. The summed E-state index contributed by atoms with van der Waals surface area (Å²) >= 11 is 3.36. The molecule has 0 aliphatic rings. The van der Waals surface area contributed by atoms with E-state index in [1.807, 2.05) is 0 Å². The van der Waals surface area contributed by atoms with Crippen molar-refractivity contribution < 1.29 is 35.0 Å². The van der Waals surface area contributed by atoms with Gasteiger partial charge in [-0.1, -0.05) is 0 Å². The van der Waals surface area contributed by atoms with Crippen molar-refractivity contribution in [3.8, 4) is 23.0 Å². The molecule has 15 heavy (non-hydrogen) atoms. The molecule has 84 valence electrons. The van der Waals surface area contributed by atoms with Crippen LogP contribution >= 0.6 is 0 Å². The van der Waals surface area contributed by atoms with Crippen molar-refractivity contribution in [2.24, 2.45) is 0 Å². The Kier molecular flexibility index (Phi) is 4.12. The molecule has 0 saturated carbocycles. The van der Waals surface area contributed by atoms with Gasteiger partial charge in [-0.15, -0.1) is 0 Å². The van der Waals surface area contributed by atoms with Gasteiger partial charge in [-0.25, -0.2) is 0 Å². The molecule has 0 aromatic heterocycles. The van der Waals surface area contributed by atoms with Gasteiger partial charge in [-0.2, -0.15) is 0 Å². The van der Waals surface area contributed by atoms with Crippen LogP contribution in [0.5, 0.6) is 23.0 Å². The van der Waals surface area contributed by atoms with Crippen molar-refractivity contribution >= 4 is 4.46 Å². The van der Waals surface area contributed by atoms with Gasteiger partial charge in [0.05, 0.1) is 0 Å². The summed E-state index contributed by atoms with van der Waals surface area (Å²) in [6, 6.07) is 1.76. The fraction of sp³-hybridized carbons (Fsp3) is 0.400. The van der Waals surface area contributed by atoms with E-state index in [1.54, 1.807) is 34.5 Å². The van der Waals surface area contributed by atoms with Crippen LogP contribution in [0.1, 0.15) is 0 Å². The summed E-state index contributed by atoms with van der Waals surface area (Å²) in [5.41, 5.74) is 0. The molecule has 0 bridgehead atoms. The molecule has 1 rings (SSSR count). The molecule has 0 fully saturated rings. The van der Waals surface area contributed by atoms with E-state index in [2.05, 4.69) is 16.0 Å².